The Morgan fingerprint density at radius 1 is 0.964 bits per heavy atom. The predicted molar refractivity (Wildman–Crippen MR) is 211 cm³/mol. The number of hydrogen-bond donors (Lipinski definition) is 1. The third kappa shape index (κ3) is 7.13. The molecule has 15 heteroatoms. The maximum absolute atomic E-state index is 17.4. The van der Waals surface area contributed by atoms with Gasteiger partial charge in [0.15, 0.2) is 10.9 Å². The Bertz CT molecular complexity index is 2160. The van der Waals surface area contributed by atoms with Crippen molar-refractivity contribution in [1.82, 2.24) is 29.7 Å². The molecule has 4 aliphatic rings. The van der Waals surface area contributed by atoms with Gasteiger partial charge in [-0.1, -0.05) is 11.3 Å². The van der Waals surface area contributed by atoms with Gasteiger partial charge in [0, 0.05) is 24.8 Å². The lowest BCUT2D eigenvalue weighted by Gasteiger charge is -2.42. The molecule has 8 rings (SSSR count). The van der Waals surface area contributed by atoms with Crippen LogP contribution in [0.3, 0.4) is 0 Å². The highest BCUT2D eigenvalue weighted by atomic mass is 32.1. The summed E-state index contributed by atoms with van der Waals surface area (Å²) in [5.41, 5.74) is 1.66. The van der Waals surface area contributed by atoms with Gasteiger partial charge in [-0.15, -0.1) is 0 Å². The molecule has 13 nitrogen and oxygen atoms in total. The van der Waals surface area contributed by atoms with Gasteiger partial charge < -0.3 is 19.1 Å². The first-order valence-corrected chi connectivity index (χ1v) is 20.2. The molecule has 4 aromatic rings. The van der Waals surface area contributed by atoms with Gasteiger partial charge in [0.25, 0.3) is 0 Å². The first-order valence-electron chi connectivity index (χ1n) is 19.4. The second kappa shape index (κ2) is 13.7. The van der Waals surface area contributed by atoms with Gasteiger partial charge in [-0.25, -0.2) is 19.0 Å². The van der Waals surface area contributed by atoms with E-state index in [1.54, 1.807) is 27.0 Å². The van der Waals surface area contributed by atoms with E-state index >= 15 is 4.39 Å². The zero-order chi connectivity index (χ0) is 39.0. The maximum Gasteiger partial charge on any atom is 0.413 e. The van der Waals surface area contributed by atoms with E-state index < -0.39 is 23.1 Å². The average Bonchev–Trinajstić information content (AvgIpc) is 3.84. The van der Waals surface area contributed by atoms with Crippen molar-refractivity contribution in [2.75, 3.05) is 43.0 Å². The lowest BCUT2D eigenvalue weighted by molar-refractivity contribution is 0.0122. The number of fused-ring (bicyclic) bond motifs is 5. The van der Waals surface area contributed by atoms with E-state index in [9.17, 15) is 9.59 Å². The summed E-state index contributed by atoms with van der Waals surface area (Å²) in [6.07, 6.45) is 6.73. The van der Waals surface area contributed by atoms with Crippen LogP contribution in [-0.4, -0.2) is 104 Å². The normalized spacial score (nSPS) is 21.0. The first kappa shape index (κ1) is 37.5. The smallest absolute Gasteiger partial charge is 0.413 e. The highest BCUT2D eigenvalue weighted by Gasteiger charge is 2.46. The Morgan fingerprint density at radius 3 is 2.29 bits per heavy atom. The fraction of sp³-hybridized carbons (Fsp3) is 0.600. The van der Waals surface area contributed by atoms with Crippen molar-refractivity contribution in [3.05, 3.63) is 29.2 Å². The lowest BCUT2D eigenvalue weighted by Crippen LogP contribution is -2.57. The van der Waals surface area contributed by atoms with Crippen LogP contribution in [0.25, 0.3) is 32.4 Å². The Morgan fingerprint density at radius 2 is 1.64 bits per heavy atom. The number of carbonyl (C=O) groups excluding carboxylic acids is 2. The number of carbonyl (C=O) groups is 2. The van der Waals surface area contributed by atoms with Crippen LogP contribution < -0.4 is 15.0 Å². The van der Waals surface area contributed by atoms with E-state index in [0.717, 1.165) is 67.4 Å². The summed E-state index contributed by atoms with van der Waals surface area (Å²) in [7, 11) is 0. The van der Waals surface area contributed by atoms with Crippen LogP contribution in [0, 0.1) is 19.7 Å². The fourth-order valence-corrected chi connectivity index (χ4v) is 9.83. The lowest BCUT2D eigenvalue weighted by atomic mass is 9.95. The summed E-state index contributed by atoms with van der Waals surface area (Å²) in [6.45, 7) is 18.4. The summed E-state index contributed by atoms with van der Waals surface area (Å²) in [6, 6.07) is 1.94. The van der Waals surface area contributed by atoms with Crippen LogP contribution in [0.4, 0.5) is 24.9 Å². The molecule has 4 saturated heterocycles. The molecule has 1 N–H and O–H groups in total. The number of nitrogens with zero attached hydrogens (tertiary/aromatic N) is 7. The summed E-state index contributed by atoms with van der Waals surface area (Å²) in [4.78, 5) is 51.7. The minimum absolute atomic E-state index is 0.0570. The first-order chi connectivity index (χ1) is 26.0. The molecular weight excluding hydrogens is 724 g/mol. The van der Waals surface area contributed by atoms with Crippen molar-refractivity contribution in [3.8, 4) is 17.3 Å². The molecule has 0 aliphatic carbocycles. The Balaban J connectivity index is 1.20. The molecule has 7 heterocycles. The van der Waals surface area contributed by atoms with E-state index in [1.165, 1.54) is 11.3 Å². The molecule has 55 heavy (non-hydrogen) atoms. The van der Waals surface area contributed by atoms with Gasteiger partial charge in [-0.05, 0) is 124 Å². The number of pyridine rings is 1. The third-order valence-corrected chi connectivity index (χ3v) is 12.3. The van der Waals surface area contributed by atoms with E-state index in [2.05, 4.69) is 15.1 Å². The highest BCUT2D eigenvalue weighted by Crippen LogP contribution is 2.43. The van der Waals surface area contributed by atoms with Gasteiger partial charge in [-0.3, -0.25) is 20.1 Å². The maximum atomic E-state index is 17.4. The zero-order valence-electron chi connectivity index (χ0n) is 33.0. The molecule has 2 amide bonds. The molecule has 2 atom stereocenters. The highest BCUT2D eigenvalue weighted by molar-refractivity contribution is 7.22. The molecule has 1 aromatic carbocycles. The molecule has 0 radical (unpaired) electrons. The van der Waals surface area contributed by atoms with Crippen molar-refractivity contribution >= 4 is 55.6 Å². The molecule has 4 fully saturated rings. The topological polar surface area (TPSA) is 135 Å². The fourth-order valence-electron chi connectivity index (χ4n) is 8.87. The van der Waals surface area contributed by atoms with Crippen LogP contribution in [-0.2, 0) is 9.47 Å². The van der Waals surface area contributed by atoms with Crippen molar-refractivity contribution in [2.45, 2.75) is 123 Å². The largest absolute Gasteiger partial charge is 0.461 e. The quantitative estimate of drug-likeness (QED) is 0.204. The van der Waals surface area contributed by atoms with E-state index in [1.807, 2.05) is 45.6 Å². The number of nitrogens with one attached hydrogen (secondary N) is 1. The summed E-state index contributed by atoms with van der Waals surface area (Å²) < 4.78 is 35.8. The second-order valence-electron chi connectivity index (χ2n) is 17.6. The van der Waals surface area contributed by atoms with Crippen LogP contribution >= 0.6 is 11.3 Å². The summed E-state index contributed by atoms with van der Waals surface area (Å²) in [5, 5.41) is 3.54. The molecular formula is C40H51FN8O5S. The van der Waals surface area contributed by atoms with E-state index in [-0.39, 0.29) is 40.9 Å². The predicted octanol–water partition coefficient (Wildman–Crippen LogP) is 8.00. The molecule has 294 valence electrons. The van der Waals surface area contributed by atoms with Crippen LogP contribution in [0.15, 0.2) is 12.3 Å². The van der Waals surface area contributed by atoms with Crippen molar-refractivity contribution in [1.29, 1.82) is 0 Å². The van der Waals surface area contributed by atoms with Crippen LogP contribution in [0.5, 0.6) is 6.01 Å². The zero-order valence-corrected chi connectivity index (χ0v) is 33.9. The molecule has 0 spiro atoms. The SMILES string of the molecule is Cc1cc2sc(NC(=O)OC(C)(C)C)nc2c(-c2ncc3c(N4CC5CCC(C4)N5C(=O)OC(C)(C)C)nc(OCC45CCCN4CCC5)nc3c2F)c1C. The molecule has 3 aromatic heterocycles. The average molecular weight is 775 g/mol. The number of aryl methyl sites for hydroxylation is 1. The Labute approximate surface area is 324 Å². The second-order valence-corrected chi connectivity index (χ2v) is 18.6. The number of amides is 2. The number of halogens is 1. The number of piperazine rings is 1. The summed E-state index contributed by atoms with van der Waals surface area (Å²) >= 11 is 1.29. The van der Waals surface area contributed by atoms with Gasteiger partial charge in [0.05, 0.1) is 33.2 Å². The van der Waals surface area contributed by atoms with Gasteiger partial charge >= 0.3 is 18.2 Å². The van der Waals surface area contributed by atoms with Crippen molar-refractivity contribution < 1.29 is 28.2 Å². The van der Waals surface area contributed by atoms with E-state index in [4.69, 9.17) is 34.1 Å². The number of thiazole rings is 1. The van der Waals surface area contributed by atoms with Gasteiger partial charge in [-0.2, -0.15) is 9.97 Å². The minimum Gasteiger partial charge on any atom is -0.461 e. The minimum atomic E-state index is -0.682. The molecule has 2 bridgehead atoms. The van der Waals surface area contributed by atoms with Crippen molar-refractivity contribution in [2.24, 2.45) is 0 Å². The third-order valence-electron chi connectivity index (χ3n) is 11.4. The number of ether oxygens (including phenoxy) is 3. The monoisotopic (exact) mass is 774 g/mol. The van der Waals surface area contributed by atoms with Gasteiger partial charge in [0.1, 0.15) is 34.8 Å². The van der Waals surface area contributed by atoms with Crippen molar-refractivity contribution in [3.63, 3.8) is 0 Å². The number of hydrogen-bond acceptors (Lipinski definition) is 12. The number of anilines is 2. The van der Waals surface area contributed by atoms with Crippen LogP contribution in [0.1, 0.15) is 91.2 Å². The molecule has 2 unspecified atom stereocenters. The number of aromatic nitrogens is 4. The Hall–Kier alpha value is -4.37. The molecule has 4 aliphatic heterocycles. The standard InChI is InChI=1S/C40H51FN8O5S/c1-22-17-27-31(44-35(55-27)46-36(50)53-38(3,4)5)28(23(22)2)32-29(41)30-26(18-42-32)33(45-34(43-30)52-21-40-13-9-15-48(40)16-10-14-40)47-19-24-11-12-25(20-47)49(24)37(51)54-39(6,7)8/h17-18,24-25H,9-16,19-21H2,1-8H3,(H,44,46,50). The van der Waals surface area contributed by atoms with Crippen LogP contribution in [0.2, 0.25) is 0 Å². The van der Waals surface area contributed by atoms with E-state index in [0.29, 0.717) is 47.1 Å². The Kier molecular flexibility index (Phi) is 9.34. The number of rotatable bonds is 6. The molecule has 0 saturated carbocycles. The van der Waals surface area contributed by atoms with Gasteiger partial charge in [0.2, 0.25) is 0 Å². The number of benzene rings is 1. The summed E-state index contributed by atoms with van der Waals surface area (Å²) in [5.74, 6) is -0.0676.